The third-order valence-corrected chi connectivity index (χ3v) is 2.62. The predicted molar refractivity (Wildman–Crippen MR) is 35.3 cm³/mol. The first kappa shape index (κ1) is 5.69. The summed E-state index contributed by atoms with van der Waals surface area (Å²) in [5, 5.41) is 3.37. The Bertz CT molecular complexity index is 101. The molecule has 0 aromatic carbocycles. The molecular weight excluding hydrogens is 114 g/mol. The van der Waals surface area contributed by atoms with Crippen molar-refractivity contribution in [3.05, 3.63) is 0 Å². The summed E-state index contributed by atoms with van der Waals surface area (Å²) in [6.07, 6.45) is 1.98. The minimum Gasteiger partial charge on any atom is -0.381 e. The second kappa shape index (κ2) is 1.96. The molecule has 3 rings (SSSR count). The number of ether oxygens (including phenoxy) is 1. The van der Waals surface area contributed by atoms with E-state index < -0.39 is 0 Å². The van der Waals surface area contributed by atoms with Gasteiger partial charge in [-0.1, -0.05) is 0 Å². The highest BCUT2D eigenvalue weighted by molar-refractivity contribution is 4.96. The Kier molecular flexibility index (Phi) is 1.24. The van der Waals surface area contributed by atoms with Gasteiger partial charge in [0.2, 0.25) is 0 Å². The quantitative estimate of drug-likeness (QED) is 0.545. The molecule has 2 saturated heterocycles. The first-order chi connectivity index (χ1) is 4.42. The van der Waals surface area contributed by atoms with E-state index in [0.717, 1.165) is 11.8 Å². The van der Waals surface area contributed by atoms with E-state index in [2.05, 4.69) is 5.32 Å². The topological polar surface area (TPSA) is 21.3 Å². The Balaban J connectivity index is 1.97. The molecule has 2 nitrogen and oxygen atoms in total. The number of piperidine rings is 2. The van der Waals surface area contributed by atoms with Crippen LogP contribution in [0, 0.1) is 11.8 Å². The van der Waals surface area contributed by atoms with E-state index >= 15 is 0 Å². The molecule has 52 valence electrons. The van der Waals surface area contributed by atoms with Crippen LogP contribution in [0.5, 0.6) is 0 Å². The fraction of sp³-hybridized carbons (Fsp3) is 1.00. The third-order valence-electron chi connectivity index (χ3n) is 2.62. The number of nitrogens with one attached hydrogen (secondary N) is 1. The van der Waals surface area contributed by atoms with Gasteiger partial charge in [-0.05, 0) is 18.3 Å². The summed E-state index contributed by atoms with van der Waals surface area (Å²) in [6, 6.07) is 0. The van der Waals surface area contributed by atoms with Gasteiger partial charge in [0.25, 0.3) is 0 Å². The summed E-state index contributed by atoms with van der Waals surface area (Å²) < 4.78 is 5.31. The molecule has 2 heterocycles. The van der Waals surface area contributed by atoms with E-state index in [9.17, 15) is 0 Å². The maximum absolute atomic E-state index is 5.31. The second-order valence-corrected chi connectivity index (χ2v) is 3.11. The zero-order valence-corrected chi connectivity index (χ0v) is 5.76. The minimum absolute atomic E-state index is 0.589. The van der Waals surface area contributed by atoms with Crippen LogP contribution in [0.3, 0.4) is 0 Å². The van der Waals surface area contributed by atoms with Crippen LogP contribution in [-0.4, -0.2) is 26.3 Å². The number of methoxy groups -OCH3 is 1. The summed E-state index contributed by atoms with van der Waals surface area (Å²) in [5.41, 5.74) is 0. The zero-order valence-electron chi connectivity index (χ0n) is 5.76. The monoisotopic (exact) mass is 127 g/mol. The molecular formula is C7H13NO. The molecule has 3 fully saturated rings. The second-order valence-electron chi connectivity index (χ2n) is 3.11. The van der Waals surface area contributed by atoms with Crippen molar-refractivity contribution in [2.24, 2.45) is 11.8 Å². The van der Waals surface area contributed by atoms with Gasteiger partial charge in [0.15, 0.2) is 0 Å². The van der Waals surface area contributed by atoms with Gasteiger partial charge in [0.1, 0.15) is 0 Å². The van der Waals surface area contributed by atoms with Crippen LogP contribution in [0.15, 0.2) is 0 Å². The predicted octanol–water partition coefficient (Wildman–Crippen LogP) is 0.241. The van der Waals surface area contributed by atoms with Crippen molar-refractivity contribution in [1.82, 2.24) is 5.32 Å². The first-order valence-corrected chi connectivity index (χ1v) is 3.65. The van der Waals surface area contributed by atoms with Crippen LogP contribution in [0.4, 0.5) is 0 Å². The van der Waals surface area contributed by atoms with Crippen molar-refractivity contribution in [2.75, 3.05) is 20.2 Å². The van der Waals surface area contributed by atoms with E-state index in [0.29, 0.717) is 6.10 Å². The third kappa shape index (κ3) is 0.700. The Hall–Kier alpha value is -0.0800. The molecule has 0 aromatic rings. The molecule has 1 aliphatic carbocycles. The van der Waals surface area contributed by atoms with E-state index in [4.69, 9.17) is 4.74 Å². The summed E-state index contributed by atoms with van der Waals surface area (Å²) in [5.74, 6) is 1.66. The summed E-state index contributed by atoms with van der Waals surface area (Å²) in [4.78, 5) is 0. The van der Waals surface area contributed by atoms with Crippen molar-refractivity contribution >= 4 is 0 Å². The van der Waals surface area contributed by atoms with Gasteiger partial charge in [-0.15, -0.1) is 0 Å². The molecule has 3 aliphatic rings. The maximum atomic E-state index is 5.31. The van der Waals surface area contributed by atoms with Crippen LogP contribution in [0.25, 0.3) is 0 Å². The van der Waals surface area contributed by atoms with Crippen molar-refractivity contribution in [3.8, 4) is 0 Å². The summed E-state index contributed by atoms with van der Waals surface area (Å²) in [7, 11) is 1.83. The number of fused-ring (bicyclic) bond motifs is 2. The normalized spacial score (nSPS) is 48.3. The molecule has 1 N–H and O–H groups in total. The lowest BCUT2D eigenvalue weighted by molar-refractivity contribution is -0.0898. The average molecular weight is 127 g/mol. The fourth-order valence-electron chi connectivity index (χ4n) is 2.08. The molecule has 2 heteroatoms. The lowest BCUT2D eigenvalue weighted by Gasteiger charge is -2.48. The number of hydrogen-bond acceptors (Lipinski definition) is 2. The Labute approximate surface area is 55.6 Å². The lowest BCUT2D eigenvalue weighted by atomic mass is 9.69. The lowest BCUT2D eigenvalue weighted by Crippen LogP contribution is -2.57. The highest BCUT2D eigenvalue weighted by Crippen LogP contribution is 2.38. The van der Waals surface area contributed by atoms with E-state index in [1.807, 2.05) is 7.11 Å². The van der Waals surface area contributed by atoms with Crippen LogP contribution in [-0.2, 0) is 4.74 Å². The Morgan fingerprint density at radius 1 is 1.33 bits per heavy atom. The maximum Gasteiger partial charge on any atom is 0.0652 e. The Morgan fingerprint density at radius 2 is 2.00 bits per heavy atom. The van der Waals surface area contributed by atoms with E-state index in [1.165, 1.54) is 19.5 Å². The molecule has 1 saturated carbocycles. The van der Waals surface area contributed by atoms with E-state index in [1.54, 1.807) is 0 Å². The van der Waals surface area contributed by atoms with Gasteiger partial charge >= 0.3 is 0 Å². The standard InChI is InChI=1S/C7H13NO/c1-9-7-5-2-6(7)4-8-3-5/h5-8H,2-4H2,1H3. The fourth-order valence-corrected chi connectivity index (χ4v) is 2.08. The molecule has 2 aliphatic heterocycles. The van der Waals surface area contributed by atoms with Gasteiger partial charge in [-0.25, -0.2) is 0 Å². The molecule has 0 amide bonds. The van der Waals surface area contributed by atoms with Gasteiger partial charge in [-0.3, -0.25) is 0 Å². The smallest absolute Gasteiger partial charge is 0.0652 e. The average Bonchev–Trinajstić information content (AvgIpc) is 1.90. The summed E-state index contributed by atoms with van der Waals surface area (Å²) >= 11 is 0. The van der Waals surface area contributed by atoms with Gasteiger partial charge < -0.3 is 10.1 Å². The SMILES string of the molecule is COC1C2CNCC1C2. The molecule has 2 unspecified atom stereocenters. The van der Waals surface area contributed by atoms with Crippen LogP contribution in [0.2, 0.25) is 0 Å². The van der Waals surface area contributed by atoms with Crippen LogP contribution >= 0.6 is 0 Å². The van der Waals surface area contributed by atoms with Crippen molar-refractivity contribution in [3.63, 3.8) is 0 Å². The largest absolute Gasteiger partial charge is 0.381 e. The van der Waals surface area contributed by atoms with Crippen molar-refractivity contribution < 1.29 is 4.74 Å². The molecule has 0 spiro atoms. The first-order valence-electron chi connectivity index (χ1n) is 3.65. The highest BCUT2D eigenvalue weighted by atomic mass is 16.5. The molecule has 0 aromatic heterocycles. The van der Waals surface area contributed by atoms with Crippen LogP contribution in [0.1, 0.15) is 6.42 Å². The van der Waals surface area contributed by atoms with Gasteiger partial charge in [0.05, 0.1) is 6.10 Å². The zero-order chi connectivity index (χ0) is 6.27. The number of rotatable bonds is 1. The minimum atomic E-state index is 0.589. The van der Waals surface area contributed by atoms with E-state index in [-0.39, 0.29) is 0 Å². The molecule has 2 bridgehead atoms. The van der Waals surface area contributed by atoms with Crippen molar-refractivity contribution in [1.29, 1.82) is 0 Å². The molecule has 9 heavy (non-hydrogen) atoms. The summed E-state index contributed by atoms with van der Waals surface area (Å²) in [6.45, 7) is 2.35. The highest BCUT2D eigenvalue weighted by Gasteiger charge is 2.43. The Morgan fingerprint density at radius 3 is 2.33 bits per heavy atom. The van der Waals surface area contributed by atoms with Crippen LogP contribution < -0.4 is 5.32 Å². The van der Waals surface area contributed by atoms with Crippen molar-refractivity contribution in [2.45, 2.75) is 12.5 Å². The van der Waals surface area contributed by atoms with Gasteiger partial charge in [-0.2, -0.15) is 0 Å². The number of hydrogen-bond donors (Lipinski definition) is 1. The molecule has 2 atom stereocenters. The van der Waals surface area contributed by atoms with Gasteiger partial charge in [0, 0.05) is 20.2 Å². The molecule has 0 radical (unpaired) electrons.